The Balaban J connectivity index is 2.24. The van der Waals surface area contributed by atoms with Gasteiger partial charge in [-0.15, -0.1) is 0 Å². The Kier molecular flexibility index (Phi) is 3.69. The summed E-state index contributed by atoms with van der Waals surface area (Å²) in [6, 6.07) is 5.73. The second kappa shape index (κ2) is 5.11. The topological polar surface area (TPSA) is 50.4 Å². The number of nitrogens with one attached hydrogen (secondary N) is 2. The van der Waals surface area contributed by atoms with Gasteiger partial charge in [0.05, 0.1) is 18.7 Å². The molecule has 0 saturated carbocycles. The van der Waals surface area contributed by atoms with Gasteiger partial charge in [-0.1, -0.05) is 26.8 Å². The molecule has 4 nitrogen and oxygen atoms in total. The van der Waals surface area contributed by atoms with Gasteiger partial charge in [-0.3, -0.25) is 4.79 Å². The highest BCUT2D eigenvalue weighted by atomic mass is 16.5. The van der Waals surface area contributed by atoms with Crippen LogP contribution in [0.3, 0.4) is 0 Å². The molecule has 0 aliphatic carbocycles. The second-order valence-electron chi connectivity index (χ2n) is 6.21. The normalized spacial score (nSPS) is 18.9. The maximum absolute atomic E-state index is 12.3. The smallest absolute Gasteiger partial charge is 0.229 e. The third kappa shape index (κ3) is 3.19. The number of methoxy groups -OCH3 is 1. The lowest BCUT2D eigenvalue weighted by Crippen LogP contribution is -2.29. The van der Waals surface area contributed by atoms with Crippen molar-refractivity contribution >= 4 is 17.3 Å². The number of fused-ring (bicyclic) bond motifs is 1. The van der Waals surface area contributed by atoms with Crippen LogP contribution in [0.4, 0.5) is 11.4 Å². The quantitative estimate of drug-likeness (QED) is 0.861. The zero-order valence-corrected chi connectivity index (χ0v) is 12.0. The monoisotopic (exact) mass is 262 g/mol. The highest BCUT2D eigenvalue weighted by molar-refractivity contribution is 5.99. The van der Waals surface area contributed by atoms with Crippen LogP contribution in [0.25, 0.3) is 0 Å². The molecule has 1 aromatic rings. The van der Waals surface area contributed by atoms with Gasteiger partial charge in [-0.25, -0.2) is 0 Å². The van der Waals surface area contributed by atoms with Crippen molar-refractivity contribution in [1.82, 2.24) is 0 Å². The molecule has 0 radical (unpaired) electrons. The van der Waals surface area contributed by atoms with Crippen LogP contribution >= 0.6 is 0 Å². The molecule has 104 valence electrons. The maximum Gasteiger partial charge on any atom is 0.229 e. The number of amides is 1. The molecule has 1 amide bonds. The Morgan fingerprint density at radius 3 is 2.74 bits per heavy atom. The Morgan fingerprint density at radius 1 is 1.37 bits per heavy atom. The van der Waals surface area contributed by atoms with Crippen molar-refractivity contribution in [1.29, 1.82) is 0 Å². The third-order valence-electron chi connectivity index (χ3n) is 3.26. The predicted octanol–water partition coefficient (Wildman–Crippen LogP) is 3.11. The van der Waals surface area contributed by atoms with Gasteiger partial charge in [-0.2, -0.15) is 0 Å². The molecule has 0 aromatic heterocycles. The summed E-state index contributed by atoms with van der Waals surface area (Å²) in [4.78, 5) is 12.3. The van der Waals surface area contributed by atoms with E-state index in [0.717, 1.165) is 17.8 Å². The number of benzene rings is 1. The highest BCUT2D eigenvalue weighted by Crippen LogP contribution is 2.36. The molecule has 1 aliphatic rings. The fourth-order valence-corrected chi connectivity index (χ4v) is 2.43. The number of para-hydroxylation sites is 1. The Hall–Kier alpha value is -1.71. The van der Waals surface area contributed by atoms with Crippen molar-refractivity contribution in [3.8, 4) is 5.75 Å². The zero-order chi connectivity index (χ0) is 14.0. The van der Waals surface area contributed by atoms with Crippen molar-refractivity contribution in [2.75, 3.05) is 24.3 Å². The van der Waals surface area contributed by atoms with E-state index in [2.05, 4.69) is 31.4 Å². The average molecular weight is 262 g/mol. The van der Waals surface area contributed by atoms with Gasteiger partial charge in [0, 0.05) is 6.54 Å². The molecule has 0 fully saturated rings. The summed E-state index contributed by atoms with van der Waals surface area (Å²) >= 11 is 0. The van der Waals surface area contributed by atoms with Gasteiger partial charge in [0.2, 0.25) is 5.91 Å². The molecule has 1 atom stereocenters. The maximum atomic E-state index is 12.3. The molecule has 0 bridgehead atoms. The number of hydrogen-bond acceptors (Lipinski definition) is 3. The van der Waals surface area contributed by atoms with Crippen LogP contribution in [0, 0.1) is 11.3 Å². The Bertz CT molecular complexity index is 478. The highest BCUT2D eigenvalue weighted by Gasteiger charge is 2.28. The molecule has 1 unspecified atom stereocenters. The van der Waals surface area contributed by atoms with Crippen LogP contribution in [0.2, 0.25) is 0 Å². The van der Waals surface area contributed by atoms with E-state index in [4.69, 9.17) is 4.74 Å². The van der Waals surface area contributed by atoms with Crippen molar-refractivity contribution in [2.45, 2.75) is 27.2 Å². The lowest BCUT2D eigenvalue weighted by Gasteiger charge is -2.23. The fourth-order valence-electron chi connectivity index (χ4n) is 2.43. The van der Waals surface area contributed by atoms with Crippen LogP contribution in [-0.2, 0) is 4.79 Å². The van der Waals surface area contributed by atoms with E-state index in [0.29, 0.717) is 12.3 Å². The molecule has 0 saturated heterocycles. The summed E-state index contributed by atoms with van der Waals surface area (Å²) in [5.41, 5.74) is 1.79. The summed E-state index contributed by atoms with van der Waals surface area (Å²) in [7, 11) is 1.61. The number of ether oxygens (including phenoxy) is 1. The summed E-state index contributed by atoms with van der Waals surface area (Å²) in [6.45, 7) is 7.11. The van der Waals surface area contributed by atoms with Crippen molar-refractivity contribution in [3.05, 3.63) is 18.2 Å². The van der Waals surface area contributed by atoms with E-state index >= 15 is 0 Å². The first-order chi connectivity index (χ1) is 8.90. The van der Waals surface area contributed by atoms with E-state index in [1.165, 1.54) is 0 Å². The Morgan fingerprint density at radius 2 is 2.11 bits per heavy atom. The van der Waals surface area contributed by atoms with E-state index < -0.39 is 0 Å². The number of rotatable bonds is 2. The molecule has 2 rings (SSSR count). The van der Waals surface area contributed by atoms with Crippen LogP contribution in [0.1, 0.15) is 27.2 Å². The lowest BCUT2D eigenvalue weighted by molar-refractivity contribution is -0.120. The van der Waals surface area contributed by atoms with E-state index in [1.807, 2.05) is 18.2 Å². The summed E-state index contributed by atoms with van der Waals surface area (Å²) in [5.74, 6) is 0.720. The fraction of sp³-hybridized carbons (Fsp3) is 0.533. The number of carbonyl (C=O) groups is 1. The molecule has 1 aromatic carbocycles. The van der Waals surface area contributed by atoms with Crippen molar-refractivity contribution in [2.24, 2.45) is 11.3 Å². The first-order valence-corrected chi connectivity index (χ1v) is 6.62. The van der Waals surface area contributed by atoms with Crippen LogP contribution in [-0.4, -0.2) is 19.6 Å². The molecular weight excluding hydrogens is 240 g/mol. The van der Waals surface area contributed by atoms with E-state index in [1.54, 1.807) is 7.11 Å². The minimum absolute atomic E-state index is 0.0305. The largest absolute Gasteiger partial charge is 0.494 e. The van der Waals surface area contributed by atoms with Gasteiger partial charge in [0.15, 0.2) is 0 Å². The molecular formula is C15H22N2O2. The molecule has 19 heavy (non-hydrogen) atoms. The second-order valence-corrected chi connectivity index (χ2v) is 6.21. The molecule has 2 N–H and O–H groups in total. The van der Waals surface area contributed by atoms with Crippen LogP contribution in [0.5, 0.6) is 5.75 Å². The zero-order valence-electron chi connectivity index (χ0n) is 12.0. The van der Waals surface area contributed by atoms with Gasteiger partial charge in [0.1, 0.15) is 11.4 Å². The summed E-state index contributed by atoms with van der Waals surface area (Å²) in [6.07, 6.45) is 0.849. The van der Waals surface area contributed by atoms with Crippen LogP contribution in [0.15, 0.2) is 18.2 Å². The van der Waals surface area contributed by atoms with Gasteiger partial charge >= 0.3 is 0 Å². The summed E-state index contributed by atoms with van der Waals surface area (Å²) in [5, 5.41) is 6.33. The molecule has 0 spiro atoms. The molecule has 1 heterocycles. The van der Waals surface area contributed by atoms with Gasteiger partial charge < -0.3 is 15.4 Å². The predicted molar refractivity (Wildman–Crippen MR) is 77.7 cm³/mol. The minimum Gasteiger partial charge on any atom is -0.494 e. The van der Waals surface area contributed by atoms with Gasteiger partial charge in [-0.05, 0) is 24.0 Å². The van der Waals surface area contributed by atoms with E-state index in [9.17, 15) is 4.79 Å². The first-order valence-electron chi connectivity index (χ1n) is 6.62. The average Bonchev–Trinajstić information content (AvgIpc) is 2.48. The molecule has 4 heteroatoms. The Labute approximate surface area is 114 Å². The number of anilines is 2. The van der Waals surface area contributed by atoms with E-state index in [-0.39, 0.29) is 17.2 Å². The van der Waals surface area contributed by atoms with Crippen LogP contribution < -0.4 is 15.4 Å². The van der Waals surface area contributed by atoms with Crippen molar-refractivity contribution < 1.29 is 9.53 Å². The third-order valence-corrected chi connectivity index (χ3v) is 3.26. The SMILES string of the molecule is COc1cccc2c1NC(=O)C(CC(C)(C)C)CN2. The number of carbonyl (C=O) groups excluding carboxylic acids is 1. The lowest BCUT2D eigenvalue weighted by atomic mass is 9.84. The van der Waals surface area contributed by atoms with Crippen molar-refractivity contribution in [3.63, 3.8) is 0 Å². The molecule has 1 aliphatic heterocycles. The first kappa shape index (κ1) is 13.7. The summed E-state index contributed by atoms with van der Waals surface area (Å²) < 4.78 is 5.30. The van der Waals surface area contributed by atoms with Gasteiger partial charge in [0.25, 0.3) is 0 Å². The standard InChI is InChI=1S/C15H22N2O2/c1-15(2,3)8-10-9-16-11-6-5-7-12(19-4)13(11)17-14(10)18/h5-7,10,16H,8-9H2,1-4H3,(H,17,18). The number of hydrogen-bond donors (Lipinski definition) is 2. The minimum atomic E-state index is -0.0305.